The van der Waals surface area contributed by atoms with E-state index in [2.05, 4.69) is 4.72 Å². The van der Waals surface area contributed by atoms with E-state index in [0.29, 0.717) is 5.56 Å². The van der Waals surface area contributed by atoms with Crippen molar-refractivity contribution >= 4 is 16.0 Å². The summed E-state index contributed by atoms with van der Waals surface area (Å²) in [4.78, 5) is 10.6. The molecule has 0 aliphatic rings. The van der Waals surface area contributed by atoms with Crippen LogP contribution < -0.4 is 4.72 Å². The van der Waals surface area contributed by atoms with Crippen molar-refractivity contribution in [1.29, 1.82) is 0 Å². The molecular formula is C10H13NO5S. The second kappa shape index (κ2) is 5.76. The number of carboxylic acids is 1. The Morgan fingerprint density at radius 3 is 2.29 bits per heavy atom. The summed E-state index contributed by atoms with van der Waals surface area (Å²) in [5.41, 5.74) is 0.795. The van der Waals surface area contributed by atoms with Crippen molar-refractivity contribution in [2.75, 3.05) is 12.4 Å². The van der Waals surface area contributed by atoms with Gasteiger partial charge < -0.3 is 10.2 Å². The minimum absolute atomic E-state index is 0.0717. The van der Waals surface area contributed by atoms with Gasteiger partial charge in [-0.25, -0.2) is 17.9 Å². The van der Waals surface area contributed by atoms with Gasteiger partial charge in [-0.15, -0.1) is 0 Å². The van der Waals surface area contributed by atoms with E-state index in [1.807, 2.05) is 0 Å². The highest BCUT2D eigenvalue weighted by Crippen LogP contribution is 2.04. The number of rotatable bonds is 6. The number of benzene rings is 1. The Bertz CT molecular complexity index is 480. The molecule has 17 heavy (non-hydrogen) atoms. The summed E-state index contributed by atoms with van der Waals surface area (Å²) < 4.78 is 24.7. The highest BCUT2D eigenvalue weighted by atomic mass is 32.2. The zero-order valence-corrected chi connectivity index (χ0v) is 9.77. The van der Waals surface area contributed by atoms with Gasteiger partial charge >= 0.3 is 5.97 Å². The van der Waals surface area contributed by atoms with Gasteiger partial charge in [0.25, 0.3) is 0 Å². The summed E-state index contributed by atoms with van der Waals surface area (Å²) in [6.45, 7) is -0.366. The first-order chi connectivity index (χ1) is 7.94. The fourth-order valence-electron chi connectivity index (χ4n) is 1.15. The van der Waals surface area contributed by atoms with Crippen molar-refractivity contribution in [1.82, 2.24) is 4.72 Å². The van der Waals surface area contributed by atoms with Gasteiger partial charge in [-0.05, 0) is 17.7 Å². The van der Waals surface area contributed by atoms with Crippen LogP contribution in [-0.2, 0) is 16.6 Å². The maximum Gasteiger partial charge on any atom is 0.335 e. The van der Waals surface area contributed by atoms with E-state index in [1.54, 1.807) is 0 Å². The summed E-state index contributed by atoms with van der Waals surface area (Å²) in [6.07, 6.45) is 0. The minimum Gasteiger partial charge on any atom is -0.478 e. The van der Waals surface area contributed by atoms with Crippen LogP contribution in [0.4, 0.5) is 0 Å². The molecule has 1 aromatic carbocycles. The maximum absolute atomic E-state index is 11.2. The topological polar surface area (TPSA) is 104 Å². The first-order valence-electron chi connectivity index (χ1n) is 4.85. The van der Waals surface area contributed by atoms with E-state index in [0.717, 1.165) is 0 Å². The molecule has 0 amide bonds. The molecular weight excluding hydrogens is 246 g/mol. The Morgan fingerprint density at radius 1 is 1.24 bits per heavy atom. The summed E-state index contributed by atoms with van der Waals surface area (Å²) in [6, 6.07) is 5.87. The van der Waals surface area contributed by atoms with Gasteiger partial charge in [0.2, 0.25) is 10.0 Å². The van der Waals surface area contributed by atoms with E-state index in [4.69, 9.17) is 10.2 Å². The van der Waals surface area contributed by atoms with Crippen LogP contribution >= 0.6 is 0 Å². The molecule has 3 N–H and O–H groups in total. The van der Waals surface area contributed by atoms with E-state index in [1.165, 1.54) is 24.3 Å². The van der Waals surface area contributed by atoms with Crippen LogP contribution in [0.15, 0.2) is 24.3 Å². The number of aromatic carboxylic acids is 1. The maximum atomic E-state index is 11.2. The third kappa shape index (κ3) is 4.51. The SMILES string of the molecule is O=C(O)c1ccc(CNS(=O)(=O)CCO)cc1. The Morgan fingerprint density at radius 2 is 1.82 bits per heavy atom. The van der Waals surface area contributed by atoms with Gasteiger partial charge in [-0.3, -0.25) is 0 Å². The zero-order chi connectivity index (χ0) is 12.9. The van der Waals surface area contributed by atoms with Crippen LogP contribution in [0.2, 0.25) is 0 Å². The van der Waals surface area contributed by atoms with E-state index < -0.39 is 22.6 Å². The number of sulfonamides is 1. The Hall–Kier alpha value is -1.44. The number of aliphatic hydroxyl groups excluding tert-OH is 1. The summed E-state index contributed by atoms with van der Waals surface area (Å²) in [7, 11) is -3.47. The number of carboxylic acid groups (broad SMARTS) is 1. The van der Waals surface area contributed by atoms with Gasteiger partial charge in [0.15, 0.2) is 0 Å². The van der Waals surface area contributed by atoms with Gasteiger partial charge in [-0.1, -0.05) is 12.1 Å². The van der Waals surface area contributed by atoms with Crippen LogP contribution in [0, 0.1) is 0 Å². The molecule has 0 heterocycles. The highest BCUT2D eigenvalue weighted by Gasteiger charge is 2.08. The van der Waals surface area contributed by atoms with E-state index >= 15 is 0 Å². The fourth-order valence-corrected chi connectivity index (χ4v) is 1.92. The second-order valence-electron chi connectivity index (χ2n) is 3.37. The number of hydrogen-bond donors (Lipinski definition) is 3. The number of carbonyl (C=O) groups is 1. The Kier molecular flexibility index (Phi) is 4.62. The fraction of sp³-hybridized carbons (Fsp3) is 0.300. The number of aliphatic hydroxyl groups is 1. The van der Waals surface area contributed by atoms with Crippen LogP contribution in [0.1, 0.15) is 15.9 Å². The van der Waals surface area contributed by atoms with Gasteiger partial charge in [0.05, 0.1) is 17.9 Å². The third-order valence-corrected chi connectivity index (χ3v) is 3.36. The third-order valence-electron chi connectivity index (χ3n) is 2.06. The standard InChI is InChI=1S/C10H13NO5S/c12-5-6-17(15,16)11-7-8-1-3-9(4-2-8)10(13)14/h1-4,11-12H,5-7H2,(H,13,14). The molecule has 0 saturated heterocycles. The van der Waals surface area contributed by atoms with Crippen molar-refractivity contribution < 1.29 is 23.4 Å². The lowest BCUT2D eigenvalue weighted by Crippen LogP contribution is -2.27. The predicted octanol–water partition coefficient (Wildman–Crippen LogP) is -0.203. The van der Waals surface area contributed by atoms with Crippen molar-refractivity contribution in [2.45, 2.75) is 6.54 Å². The zero-order valence-electron chi connectivity index (χ0n) is 8.96. The molecule has 7 heteroatoms. The summed E-state index contributed by atoms with van der Waals surface area (Å²) >= 11 is 0. The van der Waals surface area contributed by atoms with Gasteiger partial charge in [-0.2, -0.15) is 0 Å². The molecule has 0 aliphatic carbocycles. The normalized spacial score (nSPS) is 11.4. The van der Waals surface area contributed by atoms with Crippen LogP contribution in [-0.4, -0.2) is 37.0 Å². The van der Waals surface area contributed by atoms with Gasteiger partial charge in [0, 0.05) is 6.54 Å². The van der Waals surface area contributed by atoms with Crippen molar-refractivity contribution in [2.24, 2.45) is 0 Å². The average molecular weight is 259 g/mol. The Labute approximate surface area is 99.0 Å². The lowest BCUT2D eigenvalue weighted by atomic mass is 10.1. The first-order valence-corrected chi connectivity index (χ1v) is 6.50. The lowest BCUT2D eigenvalue weighted by Gasteiger charge is -2.05. The van der Waals surface area contributed by atoms with Crippen molar-refractivity contribution in [3.05, 3.63) is 35.4 Å². The largest absolute Gasteiger partial charge is 0.478 e. The predicted molar refractivity (Wildman–Crippen MR) is 61.1 cm³/mol. The highest BCUT2D eigenvalue weighted by molar-refractivity contribution is 7.89. The monoisotopic (exact) mass is 259 g/mol. The number of hydrogen-bond acceptors (Lipinski definition) is 4. The summed E-state index contributed by atoms with van der Waals surface area (Å²) in [5.74, 6) is -1.38. The Balaban J connectivity index is 2.62. The van der Waals surface area contributed by atoms with Crippen molar-refractivity contribution in [3.8, 4) is 0 Å². The molecule has 0 aromatic heterocycles. The van der Waals surface area contributed by atoms with Crippen LogP contribution in [0.5, 0.6) is 0 Å². The molecule has 1 rings (SSSR count). The molecule has 6 nitrogen and oxygen atoms in total. The molecule has 0 unspecified atom stereocenters. The van der Waals surface area contributed by atoms with E-state index in [9.17, 15) is 13.2 Å². The van der Waals surface area contributed by atoms with Crippen LogP contribution in [0.3, 0.4) is 0 Å². The number of nitrogens with one attached hydrogen (secondary N) is 1. The lowest BCUT2D eigenvalue weighted by molar-refractivity contribution is 0.0697. The van der Waals surface area contributed by atoms with Gasteiger partial charge in [0.1, 0.15) is 0 Å². The molecule has 0 spiro atoms. The molecule has 94 valence electrons. The molecule has 0 radical (unpaired) electrons. The molecule has 0 aliphatic heterocycles. The molecule has 0 fully saturated rings. The summed E-state index contributed by atoms with van der Waals surface area (Å²) in [5, 5.41) is 17.2. The van der Waals surface area contributed by atoms with Crippen molar-refractivity contribution in [3.63, 3.8) is 0 Å². The first kappa shape index (κ1) is 13.6. The van der Waals surface area contributed by atoms with Crippen LogP contribution in [0.25, 0.3) is 0 Å². The average Bonchev–Trinajstić information content (AvgIpc) is 2.27. The molecule has 1 aromatic rings. The van der Waals surface area contributed by atoms with E-state index in [-0.39, 0.29) is 17.9 Å². The molecule has 0 atom stereocenters. The minimum atomic E-state index is -3.47. The smallest absolute Gasteiger partial charge is 0.335 e. The quantitative estimate of drug-likeness (QED) is 0.656. The second-order valence-corrected chi connectivity index (χ2v) is 5.29. The molecule has 0 saturated carbocycles. The molecule has 0 bridgehead atoms.